The summed E-state index contributed by atoms with van der Waals surface area (Å²) in [7, 11) is 1.73. The van der Waals surface area contributed by atoms with Gasteiger partial charge in [-0.3, -0.25) is 4.98 Å². The van der Waals surface area contributed by atoms with E-state index in [-0.39, 0.29) is 5.41 Å². The molecule has 2 aliphatic rings. The maximum atomic E-state index is 14.6. The summed E-state index contributed by atoms with van der Waals surface area (Å²) in [6.07, 6.45) is 9.00. The zero-order chi connectivity index (χ0) is 23.3. The van der Waals surface area contributed by atoms with E-state index in [0.717, 1.165) is 44.2 Å². The summed E-state index contributed by atoms with van der Waals surface area (Å²) in [5, 5.41) is 19.7. The molecule has 2 aliphatic carbocycles. The van der Waals surface area contributed by atoms with E-state index in [1.165, 1.54) is 6.20 Å². The topological polar surface area (TPSA) is 94.9 Å². The lowest BCUT2D eigenvalue weighted by Crippen LogP contribution is -2.42. The number of rotatable bonds is 10. The molecule has 0 aliphatic heterocycles. The lowest BCUT2D eigenvalue weighted by atomic mass is 9.90. The zero-order valence-electron chi connectivity index (χ0n) is 19.4. The molecule has 2 saturated carbocycles. The van der Waals surface area contributed by atoms with Gasteiger partial charge in [-0.2, -0.15) is 5.26 Å². The first kappa shape index (κ1) is 23.4. The van der Waals surface area contributed by atoms with Crippen LogP contribution in [0.1, 0.15) is 45.4 Å². The van der Waals surface area contributed by atoms with Crippen LogP contribution in [0.25, 0.3) is 11.3 Å². The number of halogens is 1. The molecule has 2 heterocycles. The molecule has 2 fully saturated rings. The minimum atomic E-state index is -0.402. The Balaban J connectivity index is 1.37. The number of nitriles is 1. The molecule has 1 atom stereocenters. The molecule has 176 valence electrons. The summed E-state index contributed by atoms with van der Waals surface area (Å²) < 4.78 is 19.8. The number of nitrogens with one attached hydrogen (secondary N) is 3. The highest BCUT2D eigenvalue weighted by atomic mass is 19.1. The molecule has 0 spiro atoms. The van der Waals surface area contributed by atoms with Crippen LogP contribution < -0.4 is 16.0 Å². The van der Waals surface area contributed by atoms with Gasteiger partial charge in [-0.25, -0.2) is 9.37 Å². The predicted octanol–water partition coefficient (Wildman–Crippen LogP) is 4.35. The van der Waals surface area contributed by atoms with Crippen molar-refractivity contribution in [2.45, 2.75) is 63.6 Å². The van der Waals surface area contributed by atoms with Crippen molar-refractivity contribution in [2.24, 2.45) is 5.41 Å². The van der Waals surface area contributed by atoms with Gasteiger partial charge < -0.3 is 20.7 Å². The van der Waals surface area contributed by atoms with E-state index in [1.54, 1.807) is 19.4 Å². The van der Waals surface area contributed by atoms with Gasteiger partial charge in [0.1, 0.15) is 5.82 Å². The number of hydrogen-bond acceptors (Lipinski definition) is 7. The first-order valence-corrected chi connectivity index (χ1v) is 11.8. The third-order valence-corrected chi connectivity index (χ3v) is 6.63. The number of hydrogen-bond donors (Lipinski definition) is 3. The van der Waals surface area contributed by atoms with Crippen LogP contribution in [0.3, 0.4) is 0 Å². The molecule has 8 heteroatoms. The smallest absolute Gasteiger partial charge is 0.151 e. The van der Waals surface area contributed by atoms with Crippen molar-refractivity contribution in [3.63, 3.8) is 0 Å². The van der Waals surface area contributed by atoms with Crippen molar-refractivity contribution in [3.8, 4) is 17.3 Å². The molecular formula is C25H33FN6O. The van der Waals surface area contributed by atoms with Gasteiger partial charge in [0.25, 0.3) is 0 Å². The number of ether oxygens (including phenoxy) is 1. The quantitative estimate of drug-likeness (QED) is 0.493. The molecule has 2 aromatic rings. The highest BCUT2D eigenvalue weighted by Gasteiger charge is 2.42. The lowest BCUT2D eigenvalue weighted by molar-refractivity contribution is 0.161. The lowest BCUT2D eigenvalue weighted by Gasteiger charge is -2.31. The molecule has 0 radical (unpaired) electrons. The minimum absolute atomic E-state index is 0.251. The van der Waals surface area contributed by atoms with Gasteiger partial charge in [-0.1, -0.05) is 0 Å². The van der Waals surface area contributed by atoms with Crippen molar-refractivity contribution >= 4 is 11.5 Å². The van der Waals surface area contributed by atoms with Crippen molar-refractivity contribution < 1.29 is 9.13 Å². The fourth-order valence-corrected chi connectivity index (χ4v) is 4.47. The highest BCUT2D eigenvalue weighted by Crippen LogP contribution is 2.44. The second-order valence-corrected chi connectivity index (χ2v) is 9.44. The Hall–Kier alpha value is -2.76. The summed E-state index contributed by atoms with van der Waals surface area (Å²) in [5.74, 6) is 0.262. The Bertz CT molecular complexity index is 981. The number of methoxy groups -OCH3 is 1. The van der Waals surface area contributed by atoms with E-state index in [2.05, 4.69) is 38.9 Å². The molecule has 2 aromatic heterocycles. The fourth-order valence-electron chi connectivity index (χ4n) is 4.47. The van der Waals surface area contributed by atoms with Gasteiger partial charge in [0.05, 0.1) is 30.0 Å². The molecule has 0 bridgehead atoms. The zero-order valence-corrected chi connectivity index (χ0v) is 19.4. The van der Waals surface area contributed by atoms with Gasteiger partial charge in [-0.15, -0.1) is 0 Å². The molecule has 7 nitrogen and oxygen atoms in total. The summed E-state index contributed by atoms with van der Waals surface area (Å²) in [6, 6.07) is 8.95. The van der Waals surface area contributed by atoms with E-state index < -0.39 is 5.82 Å². The third-order valence-electron chi connectivity index (χ3n) is 6.63. The molecule has 0 unspecified atom stereocenters. The predicted molar refractivity (Wildman–Crippen MR) is 127 cm³/mol. The summed E-state index contributed by atoms with van der Waals surface area (Å²) in [5.41, 5.74) is 1.55. The molecule has 0 saturated heterocycles. The summed E-state index contributed by atoms with van der Waals surface area (Å²) >= 11 is 0. The minimum Gasteiger partial charge on any atom is -0.383 e. The number of aromatic nitrogens is 2. The highest BCUT2D eigenvalue weighted by molar-refractivity contribution is 5.67. The summed E-state index contributed by atoms with van der Waals surface area (Å²) in [6.45, 7) is 3.45. The van der Waals surface area contributed by atoms with Gasteiger partial charge >= 0.3 is 0 Å². The molecule has 4 rings (SSSR count). The Morgan fingerprint density at radius 2 is 1.97 bits per heavy atom. The van der Waals surface area contributed by atoms with Crippen molar-refractivity contribution in [3.05, 3.63) is 36.4 Å². The normalized spacial score (nSPS) is 22.2. The Labute approximate surface area is 195 Å². The van der Waals surface area contributed by atoms with Crippen molar-refractivity contribution in [1.29, 1.82) is 5.26 Å². The average Bonchev–Trinajstić information content (AvgIpc) is 3.61. The molecule has 3 N–H and O–H groups in total. The standard InChI is InChI=1S/C25H33FN6O/c1-17(14-33-2)31-18-3-5-19(6-4-18)32-24-12-21(22(26)13-29-24)23-11-20(7-10-28-23)30-16-25(15-27)8-9-25/h7,10-13,17-19,31H,3-6,8-9,14,16H2,1-2H3,(H,28,30)(H,29,32)/t17-,18?,19?/m0/s1. The van der Waals surface area contributed by atoms with E-state index in [4.69, 9.17) is 4.74 Å². The van der Waals surface area contributed by atoms with E-state index in [0.29, 0.717) is 48.4 Å². The molecule has 0 aromatic carbocycles. The largest absolute Gasteiger partial charge is 0.383 e. The Morgan fingerprint density at radius 3 is 2.67 bits per heavy atom. The first-order chi connectivity index (χ1) is 16.0. The number of nitrogens with zero attached hydrogens (tertiary/aromatic N) is 3. The maximum Gasteiger partial charge on any atom is 0.151 e. The van der Waals surface area contributed by atoms with E-state index in [1.807, 2.05) is 12.1 Å². The van der Waals surface area contributed by atoms with Crippen LogP contribution in [-0.4, -0.2) is 48.4 Å². The van der Waals surface area contributed by atoms with Crippen LogP contribution in [0, 0.1) is 22.6 Å². The second kappa shape index (κ2) is 10.4. The average molecular weight is 453 g/mol. The number of pyridine rings is 2. The van der Waals surface area contributed by atoms with Gasteiger partial charge in [0.15, 0.2) is 5.82 Å². The van der Waals surface area contributed by atoms with Crippen LogP contribution in [0.4, 0.5) is 15.9 Å². The van der Waals surface area contributed by atoms with Crippen LogP contribution in [0.5, 0.6) is 0 Å². The van der Waals surface area contributed by atoms with Gasteiger partial charge in [0.2, 0.25) is 0 Å². The van der Waals surface area contributed by atoms with Gasteiger partial charge in [-0.05, 0) is 63.6 Å². The maximum absolute atomic E-state index is 14.6. The van der Waals surface area contributed by atoms with Crippen LogP contribution >= 0.6 is 0 Å². The second-order valence-electron chi connectivity index (χ2n) is 9.44. The fraction of sp³-hybridized carbons (Fsp3) is 0.560. The molecular weight excluding hydrogens is 419 g/mol. The SMILES string of the molecule is COC[C@H](C)NC1CCC(Nc2cc(-c3cc(NCC4(C#N)CC4)ccn3)c(F)cn2)CC1. The Morgan fingerprint density at radius 1 is 1.21 bits per heavy atom. The van der Waals surface area contributed by atoms with E-state index >= 15 is 0 Å². The number of anilines is 2. The van der Waals surface area contributed by atoms with Gasteiger partial charge in [0, 0.05) is 49.2 Å². The van der Waals surface area contributed by atoms with E-state index in [9.17, 15) is 9.65 Å². The van der Waals surface area contributed by atoms with Crippen molar-refractivity contribution in [1.82, 2.24) is 15.3 Å². The van der Waals surface area contributed by atoms with Crippen LogP contribution in [0.15, 0.2) is 30.6 Å². The first-order valence-electron chi connectivity index (χ1n) is 11.8. The summed E-state index contributed by atoms with van der Waals surface area (Å²) in [4.78, 5) is 8.64. The monoisotopic (exact) mass is 452 g/mol. The molecule has 33 heavy (non-hydrogen) atoms. The van der Waals surface area contributed by atoms with Crippen LogP contribution in [-0.2, 0) is 4.74 Å². The Kier molecular flexibility index (Phi) is 7.41. The molecule has 0 amide bonds. The third kappa shape index (κ3) is 6.18. The van der Waals surface area contributed by atoms with Crippen LogP contribution in [0.2, 0.25) is 0 Å². The van der Waals surface area contributed by atoms with Crippen molar-refractivity contribution in [2.75, 3.05) is 30.9 Å².